The number of hydrogen-bond donors (Lipinski definition) is 2. The average Bonchev–Trinajstić information content (AvgIpc) is 2.38. The number of pyridine rings is 1. The van der Waals surface area contributed by atoms with Gasteiger partial charge in [0.1, 0.15) is 11.5 Å². The third kappa shape index (κ3) is 2.32. The molecule has 92 valence electrons. The van der Waals surface area contributed by atoms with Gasteiger partial charge in [0, 0.05) is 12.7 Å². The van der Waals surface area contributed by atoms with E-state index in [1.54, 1.807) is 12.3 Å². The van der Waals surface area contributed by atoms with Crippen molar-refractivity contribution in [1.29, 1.82) is 5.41 Å². The minimum Gasteiger partial charge on any atom is -0.382 e. The Morgan fingerprint density at radius 1 is 1.22 bits per heavy atom. The van der Waals surface area contributed by atoms with Gasteiger partial charge in [0.25, 0.3) is 0 Å². The van der Waals surface area contributed by atoms with Gasteiger partial charge in [-0.15, -0.1) is 0 Å². The van der Waals surface area contributed by atoms with Gasteiger partial charge in [0.05, 0.1) is 11.9 Å². The molecule has 0 unspecified atom stereocenters. The maximum atomic E-state index is 7.31. The molecule has 1 aromatic heterocycles. The highest BCUT2D eigenvalue weighted by Gasteiger charge is 2.07. The lowest BCUT2D eigenvalue weighted by Crippen LogP contribution is -2.15. The van der Waals surface area contributed by atoms with Crippen LogP contribution in [0.25, 0.3) is 0 Å². The SMILES string of the molecule is Cc1ccccc1N(C)c1ccc(C(=N)N)nc1. The number of nitrogen functional groups attached to an aromatic ring is 1. The summed E-state index contributed by atoms with van der Waals surface area (Å²) in [7, 11) is 1.99. The monoisotopic (exact) mass is 240 g/mol. The molecule has 2 aromatic rings. The van der Waals surface area contributed by atoms with Crippen LogP contribution in [0.15, 0.2) is 42.6 Å². The number of hydrogen-bond acceptors (Lipinski definition) is 3. The van der Waals surface area contributed by atoms with E-state index in [4.69, 9.17) is 11.1 Å². The molecule has 0 atom stereocenters. The molecule has 1 heterocycles. The molecule has 0 aliphatic heterocycles. The highest BCUT2D eigenvalue weighted by Crippen LogP contribution is 2.25. The first-order chi connectivity index (χ1) is 8.59. The number of nitrogens with zero attached hydrogens (tertiary/aromatic N) is 2. The molecule has 0 saturated carbocycles. The number of aromatic nitrogens is 1. The summed E-state index contributed by atoms with van der Waals surface area (Å²) in [5, 5.41) is 7.31. The maximum absolute atomic E-state index is 7.31. The normalized spacial score (nSPS) is 10.1. The lowest BCUT2D eigenvalue weighted by Gasteiger charge is -2.21. The van der Waals surface area contributed by atoms with Gasteiger partial charge in [-0.2, -0.15) is 0 Å². The smallest absolute Gasteiger partial charge is 0.141 e. The molecular formula is C14H16N4. The second-order valence-corrected chi connectivity index (χ2v) is 4.16. The van der Waals surface area contributed by atoms with Crippen molar-refractivity contribution in [2.24, 2.45) is 5.73 Å². The molecule has 0 spiro atoms. The fourth-order valence-corrected chi connectivity index (χ4v) is 1.82. The van der Waals surface area contributed by atoms with Gasteiger partial charge in [0.2, 0.25) is 0 Å². The first kappa shape index (κ1) is 12.1. The van der Waals surface area contributed by atoms with Crippen LogP contribution in [0.1, 0.15) is 11.3 Å². The summed E-state index contributed by atoms with van der Waals surface area (Å²) in [6, 6.07) is 11.8. The molecule has 0 aliphatic carbocycles. The number of benzene rings is 1. The van der Waals surface area contributed by atoms with Crippen LogP contribution in [-0.4, -0.2) is 17.9 Å². The minimum absolute atomic E-state index is 0.0138. The van der Waals surface area contributed by atoms with Crippen molar-refractivity contribution in [2.75, 3.05) is 11.9 Å². The largest absolute Gasteiger partial charge is 0.382 e. The summed E-state index contributed by atoms with van der Waals surface area (Å²) in [4.78, 5) is 6.22. The van der Waals surface area contributed by atoms with Crippen molar-refractivity contribution in [3.05, 3.63) is 53.9 Å². The quantitative estimate of drug-likeness (QED) is 0.639. The molecule has 0 saturated heterocycles. The molecular weight excluding hydrogens is 224 g/mol. The van der Waals surface area contributed by atoms with Gasteiger partial charge < -0.3 is 10.6 Å². The fourth-order valence-electron chi connectivity index (χ4n) is 1.82. The number of aryl methyl sites for hydroxylation is 1. The second kappa shape index (κ2) is 4.87. The molecule has 0 aliphatic rings. The van der Waals surface area contributed by atoms with Crippen LogP contribution in [0.2, 0.25) is 0 Å². The molecule has 0 amide bonds. The second-order valence-electron chi connectivity index (χ2n) is 4.16. The Morgan fingerprint density at radius 3 is 2.50 bits per heavy atom. The summed E-state index contributed by atoms with van der Waals surface area (Å²) in [6.45, 7) is 2.07. The molecule has 0 bridgehead atoms. The Kier molecular flexibility index (Phi) is 3.28. The summed E-state index contributed by atoms with van der Waals surface area (Å²) in [5.41, 5.74) is 9.18. The highest BCUT2D eigenvalue weighted by molar-refractivity contribution is 5.93. The Hall–Kier alpha value is -2.36. The molecule has 4 nitrogen and oxygen atoms in total. The molecule has 18 heavy (non-hydrogen) atoms. The Bertz CT molecular complexity index is 560. The predicted molar refractivity (Wildman–Crippen MR) is 74.5 cm³/mol. The lowest BCUT2D eigenvalue weighted by molar-refractivity contribution is 1.15. The Balaban J connectivity index is 2.32. The summed E-state index contributed by atoms with van der Waals surface area (Å²) >= 11 is 0. The van der Waals surface area contributed by atoms with Crippen LogP contribution >= 0.6 is 0 Å². The number of nitrogens with two attached hydrogens (primary N) is 1. The third-order valence-corrected chi connectivity index (χ3v) is 2.89. The number of anilines is 2. The van der Waals surface area contributed by atoms with Crippen molar-refractivity contribution >= 4 is 17.2 Å². The maximum Gasteiger partial charge on any atom is 0.141 e. The lowest BCUT2D eigenvalue weighted by atomic mass is 10.2. The molecule has 0 fully saturated rings. The van der Waals surface area contributed by atoms with E-state index in [0.29, 0.717) is 5.69 Å². The first-order valence-electron chi connectivity index (χ1n) is 5.69. The van der Waals surface area contributed by atoms with Crippen LogP contribution in [0.3, 0.4) is 0 Å². The van der Waals surface area contributed by atoms with Crippen LogP contribution in [-0.2, 0) is 0 Å². The summed E-state index contributed by atoms with van der Waals surface area (Å²) in [6.07, 6.45) is 1.73. The van der Waals surface area contributed by atoms with Crippen molar-refractivity contribution in [3.63, 3.8) is 0 Å². The van der Waals surface area contributed by atoms with E-state index in [1.807, 2.05) is 25.2 Å². The van der Waals surface area contributed by atoms with Crippen molar-refractivity contribution in [1.82, 2.24) is 4.98 Å². The van der Waals surface area contributed by atoms with Gasteiger partial charge >= 0.3 is 0 Å². The van der Waals surface area contributed by atoms with E-state index in [2.05, 4.69) is 28.9 Å². The topological polar surface area (TPSA) is 66.0 Å². The van der Waals surface area contributed by atoms with Crippen molar-refractivity contribution in [2.45, 2.75) is 6.92 Å². The Morgan fingerprint density at radius 2 is 1.94 bits per heavy atom. The summed E-state index contributed by atoms with van der Waals surface area (Å²) < 4.78 is 0. The fraction of sp³-hybridized carbons (Fsp3) is 0.143. The average molecular weight is 240 g/mol. The number of rotatable bonds is 3. The highest BCUT2D eigenvalue weighted by atomic mass is 15.1. The number of amidine groups is 1. The molecule has 0 radical (unpaired) electrons. The van der Waals surface area contributed by atoms with Gasteiger partial charge in [0.15, 0.2) is 0 Å². The van der Waals surface area contributed by atoms with E-state index >= 15 is 0 Å². The zero-order valence-corrected chi connectivity index (χ0v) is 10.5. The van der Waals surface area contributed by atoms with Gasteiger partial charge in [-0.1, -0.05) is 18.2 Å². The molecule has 3 N–H and O–H groups in total. The third-order valence-electron chi connectivity index (χ3n) is 2.89. The minimum atomic E-state index is -0.0138. The van der Waals surface area contributed by atoms with E-state index < -0.39 is 0 Å². The molecule has 4 heteroatoms. The van der Waals surface area contributed by atoms with Crippen molar-refractivity contribution < 1.29 is 0 Å². The Labute approximate surface area is 107 Å². The van der Waals surface area contributed by atoms with E-state index in [9.17, 15) is 0 Å². The molecule has 2 rings (SSSR count). The van der Waals surface area contributed by atoms with Gasteiger partial charge in [-0.25, -0.2) is 0 Å². The zero-order valence-electron chi connectivity index (χ0n) is 10.5. The predicted octanol–water partition coefficient (Wildman–Crippen LogP) is 2.44. The van der Waals surface area contributed by atoms with Crippen LogP contribution in [0, 0.1) is 12.3 Å². The molecule has 1 aromatic carbocycles. The van der Waals surface area contributed by atoms with Gasteiger partial charge in [-0.05, 0) is 30.7 Å². The number of nitrogens with one attached hydrogen (secondary N) is 1. The van der Waals surface area contributed by atoms with Crippen LogP contribution in [0.4, 0.5) is 11.4 Å². The van der Waals surface area contributed by atoms with E-state index in [-0.39, 0.29) is 5.84 Å². The van der Waals surface area contributed by atoms with Gasteiger partial charge in [-0.3, -0.25) is 10.4 Å². The van der Waals surface area contributed by atoms with E-state index in [1.165, 1.54) is 5.56 Å². The number of para-hydroxylation sites is 1. The van der Waals surface area contributed by atoms with Crippen LogP contribution < -0.4 is 10.6 Å². The zero-order chi connectivity index (χ0) is 13.1. The first-order valence-corrected chi connectivity index (χ1v) is 5.69. The summed E-state index contributed by atoms with van der Waals surface area (Å²) in [5.74, 6) is -0.0138. The van der Waals surface area contributed by atoms with Crippen LogP contribution in [0.5, 0.6) is 0 Å². The van der Waals surface area contributed by atoms with Crippen molar-refractivity contribution in [3.8, 4) is 0 Å². The standard InChI is InChI=1S/C14H16N4/c1-10-5-3-4-6-13(10)18(2)11-7-8-12(14(15)16)17-9-11/h3-9H,1-2H3,(H3,15,16). The van der Waals surface area contributed by atoms with E-state index in [0.717, 1.165) is 11.4 Å².